The lowest BCUT2D eigenvalue weighted by atomic mass is 10.0. The minimum atomic E-state index is -0.919. The molecule has 22 heavy (non-hydrogen) atoms. The minimum Gasteiger partial charge on any atom is -0.494 e. The standard InChI is InChI=1S/C16H21N3O3/c1-4-22-13-8-6-5-7-12(13)15(16(20)21)19(3)10-14-17-9-11(2)18-14/h5-9,15H,4,10H2,1-3H3,(H,17,18)(H,20,21). The molecule has 0 saturated carbocycles. The maximum atomic E-state index is 11.8. The lowest BCUT2D eigenvalue weighted by Gasteiger charge is -2.25. The number of benzene rings is 1. The van der Waals surface area contributed by atoms with E-state index in [0.29, 0.717) is 24.5 Å². The van der Waals surface area contributed by atoms with Crippen LogP contribution in [0.3, 0.4) is 0 Å². The van der Waals surface area contributed by atoms with Gasteiger partial charge in [0.1, 0.15) is 17.6 Å². The van der Waals surface area contributed by atoms with Crippen molar-refractivity contribution in [3.05, 3.63) is 47.5 Å². The number of ether oxygens (including phenoxy) is 1. The van der Waals surface area contributed by atoms with Crippen LogP contribution >= 0.6 is 0 Å². The van der Waals surface area contributed by atoms with Gasteiger partial charge in [0.2, 0.25) is 0 Å². The first-order valence-electron chi connectivity index (χ1n) is 7.18. The number of carboxylic acids is 1. The Morgan fingerprint density at radius 1 is 1.45 bits per heavy atom. The van der Waals surface area contributed by atoms with E-state index in [9.17, 15) is 9.90 Å². The molecule has 118 valence electrons. The molecular weight excluding hydrogens is 282 g/mol. The number of H-pyrrole nitrogens is 1. The van der Waals surface area contributed by atoms with Crippen molar-refractivity contribution in [2.75, 3.05) is 13.7 Å². The van der Waals surface area contributed by atoms with Crippen LogP contribution in [0.5, 0.6) is 5.75 Å². The summed E-state index contributed by atoms with van der Waals surface area (Å²) >= 11 is 0. The third-order valence-electron chi connectivity index (χ3n) is 3.34. The van der Waals surface area contributed by atoms with Crippen molar-refractivity contribution in [1.29, 1.82) is 0 Å². The van der Waals surface area contributed by atoms with Crippen LogP contribution in [0.15, 0.2) is 30.5 Å². The molecule has 0 fully saturated rings. The summed E-state index contributed by atoms with van der Waals surface area (Å²) in [5, 5.41) is 9.65. The molecule has 0 amide bonds. The molecule has 0 bridgehead atoms. The molecule has 2 N–H and O–H groups in total. The number of hydrogen-bond donors (Lipinski definition) is 2. The third-order valence-corrected chi connectivity index (χ3v) is 3.34. The van der Waals surface area contributed by atoms with Crippen molar-refractivity contribution in [1.82, 2.24) is 14.9 Å². The van der Waals surface area contributed by atoms with Gasteiger partial charge in [0.05, 0.1) is 13.2 Å². The molecule has 2 aromatic rings. The van der Waals surface area contributed by atoms with Crippen LogP contribution in [0, 0.1) is 6.92 Å². The molecule has 0 aliphatic heterocycles. The predicted molar refractivity (Wildman–Crippen MR) is 82.8 cm³/mol. The average Bonchev–Trinajstić information content (AvgIpc) is 2.86. The van der Waals surface area contributed by atoms with Gasteiger partial charge in [-0.3, -0.25) is 9.69 Å². The van der Waals surface area contributed by atoms with Crippen LogP contribution in [0.1, 0.15) is 30.0 Å². The smallest absolute Gasteiger partial charge is 0.325 e. The van der Waals surface area contributed by atoms with Gasteiger partial charge in [0, 0.05) is 17.5 Å². The van der Waals surface area contributed by atoms with Crippen molar-refractivity contribution in [3.8, 4) is 5.75 Å². The van der Waals surface area contributed by atoms with Crippen molar-refractivity contribution in [2.24, 2.45) is 0 Å². The summed E-state index contributed by atoms with van der Waals surface area (Å²) in [6, 6.07) is 6.43. The van der Waals surface area contributed by atoms with Gasteiger partial charge >= 0.3 is 5.97 Å². The molecular formula is C16H21N3O3. The maximum Gasteiger partial charge on any atom is 0.325 e. The highest BCUT2D eigenvalue weighted by Gasteiger charge is 2.28. The van der Waals surface area contributed by atoms with Crippen LogP contribution in [0.2, 0.25) is 0 Å². The fourth-order valence-corrected chi connectivity index (χ4v) is 2.43. The molecule has 1 aromatic heterocycles. The molecule has 1 unspecified atom stereocenters. The van der Waals surface area contributed by atoms with Crippen LogP contribution in [-0.2, 0) is 11.3 Å². The number of likely N-dealkylation sites (N-methyl/N-ethyl adjacent to an activating group) is 1. The van der Waals surface area contributed by atoms with Gasteiger partial charge in [-0.25, -0.2) is 4.98 Å². The summed E-state index contributed by atoms with van der Waals surface area (Å²) in [6.45, 7) is 4.69. The number of aromatic nitrogens is 2. The Morgan fingerprint density at radius 3 is 2.77 bits per heavy atom. The van der Waals surface area contributed by atoms with Gasteiger partial charge in [0.15, 0.2) is 0 Å². The van der Waals surface area contributed by atoms with Gasteiger partial charge in [-0.1, -0.05) is 18.2 Å². The van der Waals surface area contributed by atoms with Gasteiger partial charge < -0.3 is 14.8 Å². The SMILES string of the molecule is CCOc1ccccc1C(C(=O)O)N(C)Cc1ncc(C)[nH]1. The summed E-state index contributed by atoms with van der Waals surface area (Å²) in [5.41, 5.74) is 1.59. The van der Waals surface area contributed by atoms with E-state index in [-0.39, 0.29) is 0 Å². The van der Waals surface area contributed by atoms with Gasteiger partial charge in [-0.15, -0.1) is 0 Å². The first-order chi connectivity index (χ1) is 10.5. The Hall–Kier alpha value is -2.34. The van der Waals surface area contributed by atoms with Crippen LogP contribution < -0.4 is 4.74 Å². The van der Waals surface area contributed by atoms with Crippen molar-refractivity contribution >= 4 is 5.97 Å². The highest BCUT2D eigenvalue weighted by molar-refractivity contribution is 5.76. The fraction of sp³-hybridized carbons (Fsp3) is 0.375. The summed E-state index contributed by atoms with van der Waals surface area (Å²) in [7, 11) is 1.76. The molecule has 1 heterocycles. The molecule has 1 aromatic carbocycles. The molecule has 0 aliphatic carbocycles. The predicted octanol–water partition coefficient (Wildman–Crippen LogP) is 2.37. The van der Waals surface area contributed by atoms with Gasteiger partial charge in [0.25, 0.3) is 0 Å². The largest absolute Gasteiger partial charge is 0.494 e. The highest BCUT2D eigenvalue weighted by Crippen LogP contribution is 2.29. The second-order valence-electron chi connectivity index (χ2n) is 5.14. The topological polar surface area (TPSA) is 78.5 Å². The van der Waals surface area contributed by atoms with Crippen molar-refractivity contribution < 1.29 is 14.6 Å². The summed E-state index contributed by atoms with van der Waals surface area (Å²) in [4.78, 5) is 20.8. The van der Waals surface area contributed by atoms with Gasteiger partial charge in [-0.2, -0.15) is 0 Å². The zero-order valence-electron chi connectivity index (χ0n) is 13.0. The summed E-state index contributed by atoms with van der Waals surface area (Å²) < 4.78 is 5.56. The second-order valence-corrected chi connectivity index (χ2v) is 5.14. The lowest BCUT2D eigenvalue weighted by molar-refractivity contribution is -0.143. The zero-order valence-corrected chi connectivity index (χ0v) is 13.0. The van der Waals surface area contributed by atoms with Crippen molar-refractivity contribution in [2.45, 2.75) is 26.4 Å². The number of aliphatic carboxylic acids is 1. The van der Waals surface area contributed by atoms with Gasteiger partial charge in [-0.05, 0) is 27.0 Å². The Morgan fingerprint density at radius 2 is 2.18 bits per heavy atom. The first kappa shape index (κ1) is 16.0. The quantitative estimate of drug-likeness (QED) is 0.821. The highest BCUT2D eigenvalue weighted by atomic mass is 16.5. The van der Waals surface area contributed by atoms with E-state index >= 15 is 0 Å². The normalized spacial score (nSPS) is 12.4. The van der Waals surface area contributed by atoms with E-state index in [1.807, 2.05) is 26.0 Å². The number of hydrogen-bond acceptors (Lipinski definition) is 4. The number of imidazole rings is 1. The molecule has 6 nitrogen and oxygen atoms in total. The molecule has 1 atom stereocenters. The fourth-order valence-electron chi connectivity index (χ4n) is 2.43. The summed E-state index contributed by atoms with van der Waals surface area (Å²) in [5.74, 6) is 0.415. The molecule has 2 rings (SSSR count). The Kier molecular flexibility index (Phi) is 5.16. The molecule has 0 radical (unpaired) electrons. The first-order valence-corrected chi connectivity index (χ1v) is 7.18. The van der Waals surface area contributed by atoms with E-state index < -0.39 is 12.0 Å². The van der Waals surface area contributed by atoms with E-state index in [4.69, 9.17) is 4.74 Å². The van der Waals surface area contributed by atoms with E-state index in [2.05, 4.69) is 9.97 Å². The number of aryl methyl sites for hydroxylation is 1. The Bertz CT molecular complexity index is 639. The van der Waals surface area contributed by atoms with Crippen LogP contribution in [0.4, 0.5) is 0 Å². The molecule has 0 aliphatic rings. The lowest BCUT2D eigenvalue weighted by Crippen LogP contribution is -2.31. The van der Waals surface area contributed by atoms with E-state index in [1.54, 1.807) is 30.3 Å². The monoisotopic (exact) mass is 303 g/mol. The number of nitrogens with one attached hydrogen (secondary N) is 1. The minimum absolute atomic E-state index is 0.408. The third kappa shape index (κ3) is 3.65. The average molecular weight is 303 g/mol. The van der Waals surface area contributed by atoms with E-state index in [1.165, 1.54) is 0 Å². The van der Waals surface area contributed by atoms with Crippen LogP contribution in [-0.4, -0.2) is 39.6 Å². The molecule has 6 heteroatoms. The van der Waals surface area contributed by atoms with E-state index in [0.717, 1.165) is 11.5 Å². The second kappa shape index (κ2) is 7.09. The molecule has 0 spiro atoms. The number of para-hydroxylation sites is 1. The zero-order chi connectivity index (χ0) is 16.1. The molecule has 0 saturated heterocycles. The number of carbonyl (C=O) groups is 1. The Labute approximate surface area is 129 Å². The summed E-state index contributed by atoms with van der Waals surface area (Å²) in [6.07, 6.45) is 1.73. The maximum absolute atomic E-state index is 11.8. The Balaban J connectivity index is 2.28. The number of rotatable bonds is 7. The number of aromatic amines is 1. The van der Waals surface area contributed by atoms with Crippen LogP contribution in [0.25, 0.3) is 0 Å². The van der Waals surface area contributed by atoms with Crippen molar-refractivity contribution in [3.63, 3.8) is 0 Å². The number of carboxylic acid groups (broad SMARTS) is 1. The number of nitrogens with zero attached hydrogens (tertiary/aromatic N) is 2.